The monoisotopic (exact) mass is 362 g/mol. The number of furan rings is 1. The Morgan fingerprint density at radius 1 is 1.25 bits per heavy atom. The Labute approximate surface area is 151 Å². The molecule has 0 unspecified atom stereocenters. The first-order valence-electron chi connectivity index (χ1n) is 7.56. The molecular weight excluding hydrogens is 344 g/mol. The van der Waals surface area contributed by atoms with Crippen LogP contribution >= 0.6 is 23.8 Å². The van der Waals surface area contributed by atoms with Crippen LogP contribution < -0.4 is 10.6 Å². The second-order valence-corrected chi connectivity index (χ2v) is 6.48. The van der Waals surface area contributed by atoms with Gasteiger partial charge in [0.15, 0.2) is 5.11 Å². The van der Waals surface area contributed by atoms with Crippen molar-refractivity contribution in [2.75, 3.05) is 6.54 Å². The van der Waals surface area contributed by atoms with Crippen LogP contribution in [-0.2, 0) is 4.79 Å². The summed E-state index contributed by atoms with van der Waals surface area (Å²) in [6, 6.07) is 11.0. The zero-order valence-electron chi connectivity index (χ0n) is 13.5. The first-order valence-corrected chi connectivity index (χ1v) is 8.35. The Hall–Kier alpha value is -2.11. The zero-order chi connectivity index (χ0) is 17.5. The van der Waals surface area contributed by atoms with E-state index in [0.29, 0.717) is 34.1 Å². The quantitative estimate of drug-likeness (QED) is 0.616. The molecule has 0 fully saturated rings. The molecule has 0 radical (unpaired) electrons. The molecule has 0 aliphatic carbocycles. The summed E-state index contributed by atoms with van der Waals surface area (Å²) >= 11 is 10.9. The van der Waals surface area contributed by atoms with Crippen LogP contribution in [0.4, 0.5) is 0 Å². The van der Waals surface area contributed by atoms with E-state index < -0.39 is 0 Å². The van der Waals surface area contributed by atoms with E-state index in [2.05, 4.69) is 24.5 Å². The van der Waals surface area contributed by atoms with Crippen LogP contribution in [0.25, 0.3) is 17.4 Å². The maximum Gasteiger partial charge on any atom is 0.250 e. The van der Waals surface area contributed by atoms with Crippen molar-refractivity contribution in [3.63, 3.8) is 0 Å². The normalized spacial score (nSPS) is 11.0. The number of nitrogens with one attached hydrogen (secondary N) is 2. The summed E-state index contributed by atoms with van der Waals surface area (Å²) in [4.78, 5) is 11.8. The van der Waals surface area contributed by atoms with Gasteiger partial charge in [-0.25, -0.2) is 0 Å². The van der Waals surface area contributed by atoms with Crippen LogP contribution in [0.15, 0.2) is 46.9 Å². The van der Waals surface area contributed by atoms with Crippen LogP contribution in [-0.4, -0.2) is 17.6 Å². The Morgan fingerprint density at radius 3 is 2.62 bits per heavy atom. The van der Waals surface area contributed by atoms with Gasteiger partial charge in [0.05, 0.1) is 0 Å². The third kappa shape index (κ3) is 5.83. The summed E-state index contributed by atoms with van der Waals surface area (Å²) in [6.07, 6.45) is 2.98. The van der Waals surface area contributed by atoms with Crippen LogP contribution in [0.5, 0.6) is 0 Å². The highest BCUT2D eigenvalue weighted by Crippen LogP contribution is 2.24. The second kappa shape index (κ2) is 8.66. The predicted molar refractivity (Wildman–Crippen MR) is 102 cm³/mol. The number of thiocarbonyl (C=S) groups is 1. The number of halogens is 1. The first kappa shape index (κ1) is 18.2. The number of hydrogen-bond acceptors (Lipinski definition) is 3. The smallest absolute Gasteiger partial charge is 0.250 e. The SMILES string of the molecule is CC(C)CNC(=S)NC(=O)C=Cc1ccc(-c2ccc(Cl)cc2)o1. The Kier molecular flexibility index (Phi) is 6.58. The minimum Gasteiger partial charge on any atom is -0.457 e. The molecule has 0 spiro atoms. The van der Waals surface area contributed by atoms with Crippen LogP contribution in [0.3, 0.4) is 0 Å². The van der Waals surface area contributed by atoms with E-state index in [1.54, 1.807) is 24.3 Å². The lowest BCUT2D eigenvalue weighted by Gasteiger charge is -2.09. The van der Waals surface area contributed by atoms with Gasteiger partial charge in [-0.3, -0.25) is 10.1 Å². The van der Waals surface area contributed by atoms with Gasteiger partial charge in [0.2, 0.25) is 5.91 Å². The molecule has 0 atom stereocenters. The summed E-state index contributed by atoms with van der Waals surface area (Å²) in [6.45, 7) is 4.84. The highest BCUT2D eigenvalue weighted by Gasteiger charge is 2.05. The molecule has 1 amide bonds. The molecule has 0 bridgehead atoms. The molecule has 1 aromatic heterocycles. The van der Waals surface area contributed by atoms with Gasteiger partial charge in [0.25, 0.3) is 0 Å². The van der Waals surface area contributed by atoms with Crippen LogP contribution in [0, 0.1) is 5.92 Å². The maximum absolute atomic E-state index is 11.8. The zero-order valence-corrected chi connectivity index (χ0v) is 15.1. The van der Waals surface area contributed by atoms with Crippen LogP contribution in [0.1, 0.15) is 19.6 Å². The minimum atomic E-state index is -0.305. The fourth-order valence-electron chi connectivity index (χ4n) is 1.86. The van der Waals surface area contributed by atoms with Gasteiger partial charge in [0.1, 0.15) is 11.5 Å². The number of benzene rings is 1. The molecule has 4 nitrogen and oxygen atoms in total. The summed E-state index contributed by atoms with van der Waals surface area (Å²) in [5.41, 5.74) is 0.919. The van der Waals surface area contributed by atoms with Gasteiger partial charge in [-0.1, -0.05) is 25.4 Å². The van der Waals surface area contributed by atoms with Gasteiger partial charge in [0, 0.05) is 23.2 Å². The fourth-order valence-corrected chi connectivity index (χ4v) is 2.17. The van der Waals surface area contributed by atoms with Crippen molar-refractivity contribution in [3.05, 3.63) is 53.3 Å². The molecule has 126 valence electrons. The average Bonchev–Trinajstić information content (AvgIpc) is 3.00. The van der Waals surface area contributed by atoms with E-state index in [1.807, 2.05) is 18.2 Å². The van der Waals surface area contributed by atoms with Crippen molar-refractivity contribution >= 4 is 40.9 Å². The van der Waals surface area contributed by atoms with E-state index in [0.717, 1.165) is 5.56 Å². The summed E-state index contributed by atoms with van der Waals surface area (Å²) in [5, 5.41) is 6.55. The highest BCUT2D eigenvalue weighted by atomic mass is 35.5. The molecule has 2 rings (SSSR count). The van der Waals surface area contributed by atoms with Crippen molar-refractivity contribution in [2.24, 2.45) is 5.92 Å². The van der Waals surface area contributed by atoms with E-state index in [9.17, 15) is 4.79 Å². The molecule has 1 aromatic carbocycles. The molecule has 0 aliphatic rings. The largest absolute Gasteiger partial charge is 0.457 e. The van der Waals surface area contributed by atoms with Gasteiger partial charge in [-0.2, -0.15) is 0 Å². The molecule has 2 aromatic rings. The average molecular weight is 363 g/mol. The summed E-state index contributed by atoms with van der Waals surface area (Å²) in [5.74, 6) is 1.43. The molecular formula is C18H19ClN2O2S. The molecule has 24 heavy (non-hydrogen) atoms. The lowest BCUT2D eigenvalue weighted by atomic mass is 10.2. The summed E-state index contributed by atoms with van der Waals surface area (Å²) < 4.78 is 5.69. The molecule has 0 aliphatic heterocycles. The van der Waals surface area contributed by atoms with Crippen molar-refractivity contribution < 1.29 is 9.21 Å². The molecule has 0 saturated carbocycles. The molecule has 6 heteroatoms. The lowest BCUT2D eigenvalue weighted by Crippen LogP contribution is -2.39. The molecule has 1 heterocycles. The molecule has 2 N–H and O–H groups in total. The topological polar surface area (TPSA) is 54.3 Å². The third-order valence-electron chi connectivity index (χ3n) is 3.06. The van der Waals surface area contributed by atoms with Gasteiger partial charge in [-0.05, 0) is 60.6 Å². The first-order chi connectivity index (χ1) is 11.4. The predicted octanol–water partition coefficient (Wildman–Crippen LogP) is 4.26. The fraction of sp³-hybridized carbons (Fsp3) is 0.222. The maximum atomic E-state index is 11.8. The van der Waals surface area contributed by atoms with Gasteiger partial charge in [-0.15, -0.1) is 0 Å². The van der Waals surface area contributed by atoms with Crippen LogP contribution in [0.2, 0.25) is 5.02 Å². The summed E-state index contributed by atoms with van der Waals surface area (Å²) in [7, 11) is 0. The Morgan fingerprint density at radius 2 is 1.96 bits per heavy atom. The van der Waals surface area contributed by atoms with Crippen molar-refractivity contribution in [3.8, 4) is 11.3 Å². The number of carbonyl (C=O) groups is 1. The standard InChI is InChI=1S/C18H19ClN2O2S/c1-12(2)11-20-18(24)21-17(22)10-8-15-7-9-16(23-15)13-3-5-14(19)6-4-13/h3-10,12H,11H2,1-2H3,(H2,20,21,22,24). The van der Waals surface area contributed by atoms with Gasteiger partial charge >= 0.3 is 0 Å². The minimum absolute atomic E-state index is 0.305. The highest BCUT2D eigenvalue weighted by molar-refractivity contribution is 7.80. The van der Waals surface area contributed by atoms with Crippen molar-refractivity contribution in [1.82, 2.24) is 10.6 Å². The third-order valence-corrected chi connectivity index (χ3v) is 3.56. The number of hydrogen-bond donors (Lipinski definition) is 2. The van der Waals surface area contributed by atoms with E-state index in [1.165, 1.54) is 6.08 Å². The Balaban J connectivity index is 1.91. The second-order valence-electron chi connectivity index (χ2n) is 5.64. The van der Waals surface area contributed by atoms with E-state index >= 15 is 0 Å². The number of rotatable bonds is 5. The lowest BCUT2D eigenvalue weighted by molar-refractivity contribution is -0.115. The Bertz CT molecular complexity index is 736. The number of carbonyl (C=O) groups excluding carboxylic acids is 1. The van der Waals surface area contributed by atoms with E-state index in [-0.39, 0.29) is 5.91 Å². The van der Waals surface area contributed by atoms with Gasteiger partial charge < -0.3 is 9.73 Å². The van der Waals surface area contributed by atoms with Crippen molar-refractivity contribution in [2.45, 2.75) is 13.8 Å². The van der Waals surface area contributed by atoms with E-state index in [4.69, 9.17) is 28.2 Å². The molecule has 0 saturated heterocycles. The number of amides is 1. The van der Waals surface area contributed by atoms with Crippen molar-refractivity contribution in [1.29, 1.82) is 0 Å².